The van der Waals surface area contributed by atoms with Gasteiger partial charge >= 0.3 is 5.97 Å². The van der Waals surface area contributed by atoms with Gasteiger partial charge in [0.15, 0.2) is 11.5 Å². The van der Waals surface area contributed by atoms with Crippen molar-refractivity contribution in [2.24, 2.45) is 0 Å². The molecule has 1 fully saturated rings. The number of ether oxygens (including phenoxy) is 2. The fourth-order valence-corrected chi connectivity index (χ4v) is 4.22. The number of methoxy groups -OCH3 is 2. The summed E-state index contributed by atoms with van der Waals surface area (Å²) in [6, 6.07) is 3.78. The molecule has 1 amide bonds. The summed E-state index contributed by atoms with van der Waals surface area (Å²) in [6.45, 7) is 0. The quantitative estimate of drug-likeness (QED) is 0.783. The zero-order valence-corrected chi connectivity index (χ0v) is 15.1. The second kappa shape index (κ2) is 7.00. The molecule has 0 bridgehead atoms. The fourth-order valence-electron chi connectivity index (χ4n) is 3.14. The molecule has 0 spiro atoms. The van der Waals surface area contributed by atoms with Crippen LogP contribution >= 0.6 is 11.8 Å². The summed E-state index contributed by atoms with van der Waals surface area (Å²) in [5.41, 5.74) is 0.715. The van der Waals surface area contributed by atoms with Crippen LogP contribution in [0.1, 0.15) is 31.2 Å². The summed E-state index contributed by atoms with van der Waals surface area (Å²) >= 11 is 1.70. The van der Waals surface area contributed by atoms with Gasteiger partial charge in [-0.05, 0) is 49.0 Å². The molecule has 1 aromatic carbocycles. The highest BCUT2D eigenvalue weighted by Crippen LogP contribution is 2.43. The highest BCUT2D eigenvalue weighted by Gasteiger charge is 2.45. The summed E-state index contributed by atoms with van der Waals surface area (Å²) in [6.07, 6.45) is 4.04. The minimum Gasteiger partial charge on any atom is -0.493 e. The molecule has 0 unspecified atom stereocenters. The molecule has 134 valence electrons. The second-order valence-corrected chi connectivity index (χ2v) is 7.34. The maximum absolute atomic E-state index is 12.4. The van der Waals surface area contributed by atoms with Crippen LogP contribution in [0, 0.1) is 0 Å². The van der Waals surface area contributed by atoms with E-state index in [9.17, 15) is 14.7 Å². The van der Waals surface area contributed by atoms with Gasteiger partial charge in [-0.3, -0.25) is 4.79 Å². The largest absolute Gasteiger partial charge is 0.493 e. The number of thioether (sulfide) groups is 1. The van der Waals surface area contributed by atoms with E-state index in [2.05, 4.69) is 5.32 Å². The number of carboxylic acid groups (broad SMARTS) is 1. The monoisotopic (exact) mass is 363 g/mol. The van der Waals surface area contributed by atoms with Gasteiger partial charge in [0.25, 0.3) is 0 Å². The Bertz CT molecular complexity index is 739. The first-order valence-electron chi connectivity index (χ1n) is 8.14. The number of hydrogen-bond donors (Lipinski definition) is 2. The Balaban J connectivity index is 1.88. The number of rotatable bonds is 5. The van der Waals surface area contributed by atoms with Crippen LogP contribution in [-0.4, -0.2) is 42.5 Å². The molecule has 1 aliphatic heterocycles. The molecule has 2 aliphatic rings. The predicted molar refractivity (Wildman–Crippen MR) is 95.2 cm³/mol. The van der Waals surface area contributed by atoms with E-state index in [1.165, 1.54) is 6.08 Å². The summed E-state index contributed by atoms with van der Waals surface area (Å²) < 4.78 is 10.7. The lowest BCUT2D eigenvalue weighted by molar-refractivity contribution is -0.151. The highest BCUT2D eigenvalue weighted by molar-refractivity contribution is 7.99. The van der Waals surface area contributed by atoms with E-state index in [0.717, 1.165) is 34.6 Å². The van der Waals surface area contributed by atoms with Crippen molar-refractivity contribution in [3.05, 3.63) is 23.8 Å². The minimum absolute atomic E-state index is 0.357. The van der Waals surface area contributed by atoms with Crippen LogP contribution in [0.5, 0.6) is 11.5 Å². The zero-order chi connectivity index (χ0) is 18.0. The number of carbonyl (C=O) groups excluding carboxylic acids is 1. The van der Waals surface area contributed by atoms with E-state index in [1.54, 1.807) is 26.0 Å². The normalized spacial score (nSPS) is 19.5. The first kappa shape index (κ1) is 17.7. The Labute approximate surface area is 150 Å². The number of carboxylic acids is 1. The number of benzene rings is 1. The summed E-state index contributed by atoms with van der Waals surface area (Å²) in [4.78, 5) is 24.8. The van der Waals surface area contributed by atoms with E-state index in [0.29, 0.717) is 24.3 Å². The summed E-state index contributed by atoms with van der Waals surface area (Å²) in [5, 5.41) is 12.0. The Morgan fingerprint density at radius 3 is 2.48 bits per heavy atom. The molecule has 6 nitrogen and oxygen atoms in total. The third-order valence-electron chi connectivity index (χ3n) is 4.74. The molecule has 3 rings (SSSR count). The lowest BCUT2D eigenvalue weighted by Gasteiger charge is -2.38. The van der Waals surface area contributed by atoms with Gasteiger partial charge in [0.2, 0.25) is 5.91 Å². The number of nitrogens with one attached hydrogen (secondary N) is 1. The molecule has 0 saturated heterocycles. The van der Waals surface area contributed by atoms with Crippen LogP contribution in [0.25, 0.3) is 5.57 Å². The average molecular weight is 363 g/mol. The molecule has 1 saturated carbocycles. The van der Waals surface area contributed by atoms with Crippen LogP contribution in [0.3, 0.4) is 0 Å². The van der Waals surface area contributed by atoms with Crippen molar-refractivity contribution in [3.8, 4) is 11.5 Å². The molecule has 2 N–H and O–H groups in total. The molecule has 0 atom stereocenters. The third kappa shape index (κ3) is 3.33. The number of allylic oxidation sites excluding steroid dienone is 1. The molecular weight excluding hydrogens is 342 g/mol. The zero-order valence-electron chi connectivity index (χ0n) is 14.3. The maximum atomic E-state index is 12.4. The lowest BCUT2D eigenvalue weighted by atomic mass is 9.76. The number of fused-ring (bicyclic) bond motifs is 1. The number of amides is 1. The first-order valence-corrected chi connectivity index (χ1v) is 9.13. The topological polar surface area (TPSA) is 84.9 Å². The second-order valence-electron chi connectivity index (χ2n) is 6.20. The molecule has 7 heteroatoms. The van der Waals surface area contributed by atoms with Gasteiger partial charge in [-0.1, -0.05) is 0 Å². The van der Waals surface area contributed by atoms with Gasteiger partial charge in [-0.25, -0.2) is 4.79 Å². The van der Waals surface area contributed by atoms with Crippen molar-refractivity contribution >= 4 is 29.2 Å². The van der Waals surface area contributed by atoms with Crippen molar-refractivity contribution in [2.75, 3.05) is 20.0 Å². The van der Waals surface area contributed by atoms with E-state index in [4.69, 9.17) is 9.47 Å². The van der Waals surface area contributed by atoms with Crippen LogP contribution in [-0.2, 0) is 9.59 Å². The lowest BCUT2D eigenvalue weighted by Crippen LogP contribution is -2.58. The summed E-state index contributed by atoms with van der Waals surface area (Å²) in [7, 11) is 3.16. The van der Waals surface area contributed by atoms with Crippen LogP contribution in [0.2, 0.25) is 0 Å². The fraction of sp³-hybridized carbons (Fsp3) is 0.444. The van der Waals surface area contributed by atoms with Gasteiger partial charge in [0, 0.05) is 16.7 Å². The SMILES string of the molecule is COc1cc2c(cc1OC)/C(=C/C(=O)NC1(C(=O)O)CCC1)CCS2. The van der Waals surface area contributed by atoms with Crippen molar-refractivity contribution in [1.82, 2.24) is 5.32 Å². The molecule has 0 radical (unpaired) electrons. The molecule has 0 aromatic heterocycles. The maximum Gasteiger partial charge on any atom is 0.329 e. The standard InChI is InChI=1S/C18H21NO5S/c1-23-13-9-12-11(4-7-25-15(12)10-14(13)24-2)8-16(20)19-18(17(21)22)5-3-6-18/h8-10H,3-7H2,1-2H3,(H,19,20)(H,21,22)/b11-8+. The molecular formula is C18H21NO5S. The van der Waals surface area contributed by atoms with Crippen LogP contribution < -0.4 is 14.8 Å². The Hall–Kier alpha value is -2.15. The van der Waals surface area contributed by atoms with Gasteiger partial charge in [-0.2, -0.15) is 0 Å². The van der Waals surface area contributed by atoms with E-state index < -0.39 is 11.5 Å². The van der Waals surface area contributed by atoms with Crippen LogP contribution in [0.15, 0.2) is 23.1 Å². The van der Waals surface area contributed by atoms with E-state index in [-0.39, 0.29) is 5.91 Å². The number of hydrogen-bond acceptors (Lipinski definition) is 5. The van der Waals surface area contributed by atoms with Crippen molar-refractivity contribution in [3.63, 3.8) is 0 Å². The molecule has 25 heavy (non-hydrogen) atoms. The van der Waals surface area contributed by atoms with Crippen LogP contribution in [0.4, 0.5) is 0 Å². The average Bonchev–Trinajstić information content (AvgIpc) is 2.56. The van der Waals surface area contributed by atoms with Gasteiger partial charge in [0.05, 0.1) is 14.2 Å². The van der Waals surface area contributed by atoms with Gasteiger partial charge in [-0.15, -0.1) is 11.8 Å². The van der Waals surface area contributed by atoms with E-state index in [1.807, 2.05) is 12.1 Å². The Morgan fingerprint density at radius 1 is 1.24 bits per heavy atom. The van der Waals surface area contributed by atoms with Gasteiger partial charge < -0.3 is 19.9 Å². The summed E-state index contributed by atoms with van der Waals surface area (Å²) in [5.74, 6) is 0.794. The van der Waals surface area contributed by atoms with Crippen molar-refractivity contribution < 1.29 is 24.2 Å². The predicted octanol–water partition coefficient (Wildman–Crippen LogP) is 2.71. The minimum atomic E-state index is -1.10. The molecule has 1 heterocycles. The van der Waals surface area contributed by atoms with Gasteiger partial charge in [0.1, 0.15) is 5.54 Å². The number of aliphatic carboxylic acids is 1. The Morgan fingerprint density at radius 2 is 1.92 bits per heavy atom. The first-order chi connectivity index (χ1) is 12.0. The smallest absolute Gasteiger partial charge is 0.329 e. The number of carbonyl (C=O) groups is 2. The van der Waals surface area contributed by atoms with E-state index >= 15 is 0 Å². The third-order valence-corrected chi connectivity index (χ3v) is 5.80. The highest BCUT2D eigenvalue weighted by atomic mass is 32.2. The molecule has 1 aromatic rings. The molecule has 1 aliphatic carbocycles. The van der Waals surface area contributed by atoms with Crippen molar-refractivity contribution in [1.29, 1.82) is 0 Å². The Kier molecular flexibility index (Phi) is 4.94. The van der Waals surface area contributed by atoms with Crippen molar-refractivity contribution in [2.45, 2.75) is 36.1 Å².